The van der Waals surface area contributed by atoms with Crippen LogP contribution < -0.4 is 5.32 Å². The number of piperidine rings is 1. The maximum atomic E-state index is 13.4. The zero-order valence-corrected chi connectivity index (χ0v) is 19.2. The standard InChI is InChI=1S/C26H23ClN2O2S/c1-32-23-13-7-18(8-14-23)15-20-16-29(26(31)28-22-11-9-21(27)10-12-22)17-24(25(20)30)19-5-3-2-4-6-19/h2-15,24H,16-17H2,1H3,(H,28,31). The molecule has 0 saturated carbocycles. The lowest BCUT2D eigenvalue weighted by Crippen LogP contribution is -2.46. The average Bonchev–Trinajstić information content (AvgIpc) is 2.83. The van der Waals surface area contributed by atoms with Crippen molar-refractivity contribution in [1.29, 1.82) is 0 Å². The van der Waals surface area contributed by atoms with Crippen LogP contribution in [-0.2, 0) is 4.79 Å². The molecule has 0 aromatic heterocycles. The van der Waals surface area contributed by atoms with Crippen LogP contribution in [0.2, 0.25) is 5.02 Å². The summed E-state index contributed by atoms with van der Waals surface area (Å²) in [7, 11) is 0. The molecule has 1 saturated heterocycles. The molecule has 4 nitrogen and oxygen atoms in total. The van der Waals surface area contributed by atoms with Crippen molar-refractivity contribution in [3.63, 3.8) is 0 Å². The lowest BCUT2D eigenvalue weighted by Gasteiger charge is -2.33. The van der Waals surface area contributed by atoms with E-state index in [4.69, 9.17) is 11.6 Å². The summed E-state index contributed by atoms with van der Waals surface area (Å²) in [5.74, 6) is -0.349. The van der Waals surface area contributed by atoms with Gasteiger partial charge in [0.2, 0.25) is 0 Å². The van der Waals surface area contributed by atoms with Gasteiger partial charge in [-0.05, 0) is 59.9 Å². The first kappa shape index (κ1) is 22.2. The highest BCUT2D eigenvalue weighted by Gasteiger charge is 2.34. The number of hydrogen-bond donors (Lipinski definition) is 1. The number of benzene rings is 3. The van der Waals surface area contributed by atoms with Gasteiger partial charge in [0.05, 0.1) is 12.5 Å². The fourth-order valence-electron chi connectivity index (χ4n) is 3.73. The number of urea groups is 1. The van der Waals surface area contributed by atoms with Gasteiger partial charge in [0.15, 0.2) is 5.78 Å². The highest BCUT2D eigenvalue weighted by molar-refractivity contribution is 7.98. The van der Waals surface area contributed by atoms with Crippen molar-refractivity contribution in [3.05, 3.63) is 101 Å². The number of nitrogens with one attached hydrogen (secondary N) is 1. The molecule has 32 heavy (non-hydrogen) atoms. The first-order valence-corrected chi connectivity index (χ1v) is 11.9. The highest BCUT2D eigenvalue weighted by atomic mass is 35.5. The molecule has 1 aliphatic heterocycles. The topological polar surface area (TPSA) is 49.4 Å². The molecule has 6 heteroatoms. The molecule has 1 N–H and O–H groups in total. The van der Waals surface area contributed by atoms with E-state index < -0.39 is 5.92 Å². The number of ketones is 1. The summed E-state index contributed by atoms with van der Waals surface area (Å²) in [6.07, 6.45) is 3.92. The Hall–Kier alpha value is -3.02. The molecular weight excluding hydrogens is 440 g/mol. The van der Waals surface area contributed by atoms with Crippen molar-refractivity contribution >= 4 is 46.9 Å². The second-order valence-corrected chi connectivity index (χ2v) is 8.90. The molecule has 0 radical (unpaired) electrons. The molecule has 1 aliphatic rings. The van der Waals surface area contributed by atoms with Crippen molar-refractivity contribution in [3.8, 4) is 0 Å². The number of carbonyl (C=O) groups excluding carboxylic acids is 2. The number of carbonyl (C=O) groups is 2. The maximum Gasteiger partial charge on any atom is 0.322 e. The van der Waals surface area contributed by atoms with Crippen LogP contribution in [0.5, 0.6) is 0 Å². The van der Waals surface area contributed by atoms with Gasteiger partial charge in [-0.3, -0.25) is 4.79 Å². The number of amides is 2. The van der Waals surface area contributed by atoms with E-state index in [0.29, 0.717) is 22.8 Å². The molecule has 0 spiro atoms. The maximum absolute atomic E-state index is 13.4. The normalized spacial score (nSPS) is 17.4. The second-order valence-electron chi connectivity index (χ2n) is 7.59. The molecular formula is C26H23ClN2O2S. The number of Topliss-reactive ketones (excluding diaryl/α,β-unsaturated/α-hetero) is 1. The summed E-state index contributed by atoms with van der Waals surface area (Å²) in [6.45, 7) is 0.580. The summed E-state index contributed by atoms with van der Waals surface area (Å²) in [4.78, 5) is 29.3. The molecule has 2 amide bonds. The molecule has 0 bridgehead atoms. The smallest absolute Gasteiger partial charge is 0.319 e. The number of hydrogen-bond acceptors (Lipinski definition) is 3. The third kappa shape index (κ3) is 5.23. The van der Waals surface area contributed by atoms with Gasteiger partial charge in [-0.1, -0.05) is 54.1 Å². The number of rotatable bonds is 4. The van der Waals surface area contributed by atoms with E-state index in [1.807, 2.05) is 66.9 Å². The number of nitrogens with zero attached hydrogens (tertiary/aromatic N) is 1. The average molecular weight is 463 g/mol. The summed E-state index contributed by atoms with van der Waals surface area (Å²) < 4.78 is 0. The molecule has 1 atom stereocenters. The van der Waals surface area contributed by atoms with Gasteiger partial charge in [-0.2, -0.15) is 0 Å². The van der Waals surface area contributed by atoms with Crippen LogP contribution in [0.3, 0.4) is 0 Å². The van der Waals surface area contributed by atoms with Crippen LogP contribution >= 0.6 is 23.4 Å². The lowest BCUT2D eigenvalue weighted by molar-refractivity contribution is -0.118. The Morgan fingerprint density at radius 2 is 1.72 bits per heavy atom. The van der Waals surface area contributed by atoms with E-state index in [2.05, 4.69) is 5.32 Å². The van der Waals surface area contributed by atoms with Crippen molar-refractivity contribution in [1.82, 2.24) is 4.90 Å². The number of likely N-dealkylation sites (tertiary alicyclic amines) is 1. The zero-order chi connectivity index (χ0) is 22.5. The van der Waals surface area contributed by atoms with E-state index in [1.165, 1.54) is 0 Å². The summed E-state index contributed by atoms with van der Waals surface area (Å²) in [5.41, 5.74) is 3.13. The summed E-state index contributed by atoms with van der Waals surface area (Å²) >= 11 is 7.62. The Bertz CT molecular complexity index is 1130. The van der Waals surface area contributed by atoms with Gasteiger partial charge >= 0.3 is 6.03 Å². The first-order chi connectivity index (χ1) is 15.5. The van der Waals surface area contributed by atoms with Crippen molar-refractivity contribution < 1.29 is 9.59 Å². The number of thioether (sulfide) groups is 1. The van der Waals surface area contributed by atoms with Crippen molar-refractivity contribution in [2.45, 2.75) is 10.8 Å². The lowest BCUT2D eigenvalue weighted by atomic mass is 9.86. The molecule has 4 rings (SSSR count). The Labute approximate surface area is 197 Å². The molecule has 1 fully saturated rings. The summed E-state index contributed by atoms with van der Waals surface area (Å²) in [6, 6.07) is 24.4. The molecule has 3 aromatic rings. The molecule has 0 aliphatic carbocycles. The Kier molecular flexibility index (Phi) is 6.98. The minimum Gasteiger partial charge on any atom is -0.319 e. The Balaban J connectivity index is 1.62. The highest BCUT2D eigenvalue weighted by Crippen LogP contribution is 2.29. The van der Waals surface area contributed by atoms with Gasteiger partial charge in [0.25, 0.3) is 0 Å². The van der Waals surface area contributed by atoms with Gasteiger partial charge in [0, 0.05) is 27.7 Å². The fraction of sp³-hybridized carbons (Fsp3) is 0.154. The SMILES string of the molecule is CSc1ccc(C=C2CN(C(=O)Nc3ccc(Cl)cc3)CC(c3ccccc3)C2=O)cc1. The van der Waals surface area contributed by atoms with E-state index >= 15 is 0 Å². The first-order valence-electron chi connectivity index (χ1n) is 10.3. The van der Waals surface area contributed by atoms with Crippen LogP contribution in [-0.4, -0.2) is 36.1 Å². The quantitative estimate of drug-likeness (QED) is 0.363. The number of anilines is 1. The minimum absolute atomic E-state index is 0.0562. The zero-order valence-electron chi connectivity index (χ0n) is 17.6. The van der Waals surface area contributed by atoms with Gasteiger partial charge in [-0.15, -0.1) is 11.8 Å². The molecule has 3 aromatic carbocycles. The fourth-order valence-corrected chi connectivity index (χ4v) is 4.26. The molecule has 162 valence electrons. The van der Waals surface area contributed by atoms with Gasteiger partial charge in [0.1, 0.15) is 0 Å². The third-order valence-corrected chi connectivity index (χ3v) is 6.43. The minimum atomic E-state index is -0.405. The van der Waals surface area contributed by atoms with E-state index in [0.717, 1.165) is 16.0 Å². The van der Waals surface area contributed by atoms with E-state index in [-0.39, 0.29) is 18.4 Å². The van der Waals surface area contributed by atoms with Crippen LogP contribution in [0.4, 0.5) is 10.5 Å². The predicted octanol–water partition coefficient (Wildman–Crippen LogP) is 6.35. The Morgan fingerprint density at radius 3 is 2.38 bits per heavy atom. The van der Waals surface area contributed by atoms with Gasteiger partial charge in [-0.25, -0.2) is 4.79 Å². The second kappa shape index (κ2) is 10.1. The van der Waals surface area contributed by atoms with Gasteiger partial charge < -0.3 is 10.2 Å². The van der Waals surface area contributed by atoms with Crippen LogP contribution in [0.15, 0.2) is 89.3 Å². The molecule has 1 unspecified atom stereocenters. The molecule has 1 heterocycles. The summed E-state index contributed by atoms with van der Waals surface area (Å²) in [5, 5.41) is 3.52. The monoisotopic (exact) mass is 462 g/mol. The largest absolute Gasteiger partial charge is 0.322 e. The Morgan fingerprint density at radius 1 is 1.03 bits per heavy atom. The van der Waals surface area contributed by atoms with E-state index in [1.54, 1.807) is 40.9 Å². The predicted molar refractivity (Wildman–Crippen MR) is 132 cm³/mol. The van der Waals surface area contributed by atoms with Crippen LogP contribution in [0, 0.1) is 0 Å². The van der Waals surface area contributed by atoms with Crippen molar-refractivity contribution in [2.24, 2.45) is 0 Å². The van der Waals surface area contributed by atoms with E-state index in [9.17, 15) is 9.59 Å². The van der Waals surface area contributed by atoms with Crippen LogP contribution in [0.25, 0.3) is 6.08 Å². The third-order valence-electron chi connectivity index (χ3n) is 5.44. The van der Waals surface area contributed by atoms with Crippen molar-refractivity contribution in [2.75, 3.05) is 24.7 Å². The van der Waals surface area contributed by atoms with Crippen LogP contribution in [0.1, 0.15) is 17.0 Å². The number of halogens is 1.